The van der Waals surface area contributed by atoms with Gasteiger partial charge >= 0.3 is 0 Å². The van der Waals surface area contributed by atoms with Crippen molar-refractivity contribution >= 4 is 9.24 Å². The SMILES string of the molecule is C=CCCCCP. The van der Waals surface area contributed by atoms with Crippen molar-refractivity contribution in [2.24, 2.45) is 0 Å². The van der Waals surface area contributed by atoms with Crippen LogP contribution in [0.2, 0.25) is 0 Å². The van der Waals surface area contributed by atoms with E-state index in [0.29, 0.717) is 0 Å². The van der Waals surface area contributed by atoms with Gasteiger partial charge in [0.05, 0.1) is 0 Å². The number of unbranched alkanes of at least 4 members (excludes halogenated alkanes) is 2. The van der Waals surface area contributed by atoms with Crippen molar-refractivity contribution in [2.45, 2.75) is 19.3 Å². The van der Waals surface area contributed by atoms with Gasteiger partial charge in [-0.2, -0.15) is 0 Å². The molecule has 0 rings (SSSR count). The van der Waals surface area contributed by atoms with Crippen molar-refractivity contribution in [3.8, 4) is 0 Å². The molecule has 7 heavy (non-hydrogen) atoms. The monoisotopic (exact) mass is 116 g/mol. The van der Waals surface area contributed by atoms with E-state index in [1.807, 2.05) is 6.08 Å². The van der Waals surface area contributed by atoms with Crippen LogP contribution in [-0.4, -0.2) is 6.16 Å². The first-order valence-corrected chi connectivity index (χ1v) is 3.54. The summed E-state index contributed by atoms with van der Waals surface area (Å²) in [7, 11) is 2.72. The van der Waals surface area contributed by atoms with Crippen LogP contribution >= 0.6 is 9.24 Å². The predicted molar refractivity (Wildman–Crippen MR) is 38.6 cm³/mol. The van der Waals surface area contributed by atoms with Gasteiger partial charge in [0.1, 0.15) is 0 Å². The van der Waals surface area contributed by atoms with E-state index in [4.69, 9.17) is 0 Å². The molecule has 0 fully saturated rings. The Kier molecular flexibility index (Phi) is 6.32. The predicted octanol–water partition coefficient (Wildman–Crippen LogP) is 2.22. The average molecular weight is 116 g/mol. The van der Waals surface area contributed by atoms with E-state index in [0.717, 1.165) is 0 Å². The first-order chi connectivity index (χ1) is 3.41. The quantitative estimate of drug-likeness (QED) is 0.300. The third-order valence-corrected chi connectivity index (χ3v) is 1.27. The molecular weight excluding hydrogens is 103 g/mol. The number of rotatable bonds is 4. The van der Waals surface area contributed by atoms with Crippen LogP contribution in [0.5, 0.6) is 0 Å². The zero-order valence-corrected chi connectivity index (χ0v) is 5.84. The fourth-order valence-electron chi connectivity index (χ4n) is 0.433. The Hall–Kier alpha value is 0.170. The van der Waals surface area contributed by atoms with Gasteiger partial charge in [0, 0.05) is 0 Å². The Labute approximate surface area is 48.2 Å². The van der Waals surface area contributed by atoms with Gasteiger partial charge in [-0.25, -0.2) is 0 Å². The number of allylic oxidation sites excluding steroid dienone is 1. The molecule has 0 bridgehead atoms. The van der Waals surface area contributed by atoms with Crippen LogP contribution in [0.1, 0.15) is 19.3 Å². The third kappa shape index (κ3) is 6.17. The Morgan fingerprint density at radius 3 is 2.57 bits per heavy atom. The van der Waals surface area contributed by atoms with Crippen LogP contribution in [0, 0.1) is 0 Å². The van der Waals surface area contributed by atoms with Crippen molar-refractivity contribution in [2.75, 3.05) is 6.16 Å². The van der Waals surface area contributed by atoms with Crippen LogP contribution < -0.4 is 0 Å². The topological polar surface area (TPSA) is 0 Å². The van der Waals surface area contributed by atoms with Gasteiger partial charge in [-0.15, -0.1) is 15.8 Å². The molecule has 0 aromatic carbocycles. The summed E-state index contributed by atoms with van der Waals surface area (Å²) < 4.78 is 0. The van der Waals surface area contributed by atoms with Gasteiger partial charge in [0.15, 0.2) is 0 Å². The molecule has 0 radical (unpaired) electrons. The van der Waals surface area contributed by atoms with Crippen molar-refractivity contribution in [1.29, 1.82) is 0 Å². The molecule has 0 amide bonds. The highest BCUT2D eigenvalue weighted by molar-refractivity contribution is 7.16. The molecular formula is C6H13P. The van der Waals surface area contributed by atoms with Crippen LogP contribution in [-0.2, 0) is 0 Å². The normalized spacial score (nSPS) is 8.71. The second kappa shape index (κ2) is 6.17. The highest BCUT2D eigenvalue weighted by Crippen LogP contribution is 1.97. The molecule has 0 aliphatic heterocycles. The first kappa shape index (κ1) is 7.17. The maximum atomic E-state index is 3.63. The minimum Gasteiger partial charge on any atom is -0.138 e. The molecule has 0 nitrogen and oxygen atoms in total. The van der Waals surface area contributed by atoms with Gasteiger partial charge in [-0.3, -0.25) is 0 Å². The molecule has 1 heteroatoms. The van der Waals surface area contributed by atoms with E-state index in [-0.39, 0.29) is 0 Å². The fourth-order valence-corrected chi connectivity index (χ4v) is 0.722. The van der Waals surface area contributed by atoms with E-state index >= 15 is 0 Å². The minimum absolute atomic E-state index is 1.18. The van der Waals surface area contributed by atoms with Gasteiger partial charge in [0.2, 0.25) is 0 Å². The molecule has 0 spiro atoms. The number of hydrogen-bond donors (Lipinski definition) is 0. The summed E-state index contributed by atoms with van der Waals surface area (Å²) in [6.45, 7) is 3.63. The summed E-state index contributed by atoms with van der Waals surface area (Å²) in [4.78, 5) is 0. The van der Waals surface area contributed by atoms with Crippen molar-refractivity contribution in [3.05, 3.63) is 12.7 Å². The lowest BCUT2D eigenvalue weighted by Gasteiger charge is -1.87. The Balaban J connectivity index is 2.56. The molecule has 1 atom stereocenters. The summed E-state index contributed by atoms with van der Waals surface area (Å²) in [5.41, 5.74) is 0. The molecule has 0 aliphatic rings. The van der Waals surface area contributed by atoms with Crippen LogP contribution in [0.25, 0.3) is 0 Å². The lowest BCUT2D eigenvalue weighted by Crippen LogP contribution is -1.71. The molecule has 0 heterocycles. The smallest absolute Gasteiger partial charge is 0.0353 e. The third-order valence-electron chi connectivity index (χ3n) is 0.862. The van der Waals surface area contributed by atoms with Gasteiger partial charge < -0.3 is 0 Å². The molecule has 0 aromatic heterocycles. The molecule has 0 N–H and O–H groups in total. The van der Waals surface area contributed by atoms with E-state index in [1.165, 1.54) is 25.4 Å². The molecule has 0 saturated heterocycles. The fraction of sp³-hybridized carbons (Fsp3) is 0.667. The molecule has 1 unspecified atom stereocenters. The summed E-state index contributed by atoms with van der Waals surface area (Å²) in [5, 5.41) is 0. The van der Waals surface area contributed by atoms with Crippen molar-refractivity contribution < 1.29 is 0 Å². The van der Waals surface area contributed by atoms with Crippen LogP contribution in [0.3, 0.4) is 0 Å². The maximum absolute atomic E-state index is 3.63. The van der Waals surface area contributed by atoms with E-state index in [1.54, 1.807) is 0 Å². The summed E-state index contributed by atoms with van der Waals surface area (Å²) in [6.07, 6.45) is 6.99. The highest BCUT2D eigenvalue weighted by atomic mass is 31.0. The molecule has 0 aliphatic carbocycles. The lowest BCUT2D eigenvalue weighted by atomic mass is 10.2. The van der Waals surface area contributed by atoms with Gasteiger partial charge in [-0.05, 0) is 25.4 Å². The summed E-state index contributed by atoms with van der Waals surface area (Å²) >= 11 is 0. The lowest BCUT2D eigenvalue weighted by molar-refractivity contribution is 0.824. The molecule has 0 aromatic rings. The zero-order chi connectivity index (χ0) is 5.54. The second-order valence-corrected chi connectivity index (χ2v) is 2.15. The standard InChI is InChI=1S/C6H13P/c1-2-3-4-5-6-7/h2H,1,3-7H2. The van der Waals surface area contributed by atoms with E-state index in [2.05, 4.69) is 15.8 Å². The largest absolute Gasteiger partial charge is 0.138 e. The summed E-state index contributed by atoms with van der Waals surface area (Å²) in [6, 6.07) is 0. The van der Waals surface area contributed by atoms with Crippen LogP contribution in [0.4, 0.5) is 0 Å². The van der Waals surface area contributed by atoms with Gasteiger partial charge in [0.25, 0.3) is 0 Å². The highest BCUT2D eigenvalue weighted by Gasteiger charge is 1.77. The molecule has 42 valence electrons. The van der Waals surface area contributed by atoms with Crippen molar-refractivity contribution in [3.63, 3.8) is 0 Å². The zero-order valence-electron chi connectivity index (χ0n) is 4.69. The molecule has 0 saturated carbocycles. The Bertz CT molecular complexity index is 41.4. The van der Waals surface area contributed by atoms with Gasteiger partial charge in [-0.1, -0.05) is 6.08 Å². The second-order valence-electron chi connectivity index (χ2n) is 1.57. The number of hydrogen-bond acceptors (Lipinski definition) is 0. The van der Waals surface area contributed by atoms with E-state index < -0.39 is 0 Å². The first-order valence-electron chi connectivity index (χ1n) is 2.72. The summed E-state index contributed by atoms with van der Waals surface area (Å²) in [5.74, 6) is 0. The Morgan fingerprint density at radius 2 is 2.14 bits per heavy atom. The van der Waals surface area contributed by atoms with E-state index in [9.17, 15) is 0 Å². The average Bonchev–Trinajstić information content (AvgIpc) is 1.69. The maximum Gasteiger partial charge on any atom is -0.0353 e. The Morgan fingerprint density at radius 1 is 1.43 bits per heavy atom. The van der Waals surface area contributed by atoms with Crippen LogP contribution in [0.15, 0.2) is 12.7 Å². The minimum atomic E-state index is 1.18. The van der Waals surface area contributed by atoms with Crippen molar-refractivity contribution in [1.82, 2.24) is 0 Å².